The van der Waals surface area contributed by atoms with Crippen molar-refractivity contribution in [1.82, 2.24) is 19.1 Å². The van der Waals surface area contributed by atoms with Gasteiger partial charge in [0.15, 0.2) is 0 Å². The maximum absolute atomic E-state index is 5.16. The Morgan fingerprint density at radius 2 is 0.500 bits per heavy atom. The molecule has 1 aliphatic rings. The third-order valence-corrected chi connectivity index (χ3v) is 16.5. The first-order valence-corrected chi connectivity index (χ1v) is 28.1. The molecule has 0 N–H and O–H groups in total. The Kier molecular flexibility index (Phi) is 11.2. The molecular weight excluding hydrogens is 993 g/mol. The quantitative estimate of drug-likeness (QED) is 0.137. The van der Waals surface area contributed by atoms with Gasteiger partial charge in [0.25, 0.3) is 0 Å². The Hall–Kier alpha value is -10.9. The molecule has 4 nitrogen and oxygen atoms in total. The molecule has 0 spiro atoms. The molecule has 16 rings (SSSR count). The molecule has 0 fully saturated rings. The fourth-order valence-corrected chi connectivity index (χ4v) is 12.8. The third-order valence-electron chi connectivity index (χ3n) is 16.5. The predicted molar refractivity (Wildman–Crippen MR) is 341 cm³/mol. The van der Waals surface area contributed by atoms with Crippen molar-refractivity contribution in [2.75, 3.05) is 0 Å². The Morgan fingerprint density at radius 3 is 0.878 bits per heavy atom. The van der Waals surface area contributed by atoms with E-state index in [0.717, 1.165) is 89.6 Å². The summed E-state index contributed by atoms with van der Waals surface area (Å²) in [6.07, 6.45) is 0. The molecule has 2 aromatic heterocycles. The molecule has 0 unspecified atom stereocenters. The Labute approximate surface area is 475 Å². The van der Waals surface area contributed by atoms with Crippen molar-refractivity contribution >= 4 is 32.8 Å². The molecule has 0 aliphatic heterocycles. The summed E-state index contributed by atoms with van der Waals surface area (Å²) in [4.78, 5) is 10.3. The van der Waals surface area contributed by atoms with Gasteiger partial charge in [0, 0.05) is 22.5 Å². The summed E-state index contributed by atoms with van der Waals surface area (Å²) in [6.45, 7) is 0. The molecule has 382 valence electrons. The number of nitrogens with zero attached hydrogens (tertiary/aromatic N) is 4. The summed E-state index contributed by atoms with van der Waals surface area (Å²) in [5.74, 6) is 1.84. The van der Waals surface area contributed by atoms with E-state index in [1.54, 1.807) is 0 Å². The van der Waals surface area contributed by atoms with E-state index in [-0.39, 0.29) is 0 Å². The number of benzene rings is 13. The maximum Gasteiger partial charge on any atom is 0.145 e. The lowest BCUT2D eigenvalue weighted by Crippen LogP contribution is -1.99. The van der Waals surface area contributed by atoms with Crippen molar-refractivity contribution in [3.8, 4) is 123 Å². The van der Waals surface area contributed by atoms with Gasteiger partial charge in [-0.1, -0.05) is 255 Å². The third kappa shape index (κ3) is 7.76. The van der Waals surface area contributed by atoms with Gasteiger partial charge in [-0.3, -0.25) is 9.13 Å². The number of para-hydroxylation sites is 6. The van der Waals surface area contributed by atoms with Crippen LogP contribution in [0, 0.1) is 0 Å². The fraction of sp³-hybridized carbons (Fsp3) is 0. The van der Waals surface area contributed by atoms with Crippen LogP contribution < -0.4 is 0 Å². The molecular formula is C78H50N4. The van der Waals surface area contributed by atoms with Crippen LogP contribution in [0.2, 0.25) is 0 Å². The van der Waals surface area contributed by atoms with Gasteiger partial charge in [-0.15, -0.1) is 0 Å². The first kappa shape index (κ1) is 47.1. The highest BCUT2D eigenvalue weighted by Gasteiger charge is 2.34. The van der Waals surface area contributed by atoms with Crippen LogP contribution in [0.5, 0.6) is 0 Å². The van der Waals surface area contributed by atoms with Crippen LogP contribution in [0.1, 0.15) is 0 Å². The second kappa shape index (κ2) is 19.5. The minimum atomic E-state index is 0.918. The first-order valence-electron chi connectivity index (χ1n) is 28.1. The summed E-state index contributed by atoms with van der Waals surface area (Å²) in [6, 6.07) is 110. The number of hydrogen-bond donors (Lipinski definition) is 0. The number of aromatic nitrogens is 4. The van der Waals surface area contributed by atoms with Crippen molar-refractivity contribution in [1.29, 1.82) is 0 Å². The molecule has 2 heterocycles. The van der Waals surface area contributed by atoms with Gasteiger partial charge in [-0.2, -0.15) is 0 Å². The molecule has 0 atom stereocenters. The number of rotatable bonds is 10. The van der Waals surface area contributed by atoms with Gasteiger partial charge in [-0.05, 0) is 148 Å². The molecule has 1 aliphatic carbocycles. The molecule has 4 heteroatoms. The second-order valence-electron chi connectivity index (χ2n) is 21.2. The van der Waals surface area contributed by atoms with E-state index in [1.165, 1.54) is 66.4 Å². The van der Waals surface area contributed by atoms with Gasteiger partial charge in [0.2, 0.25) is 0 Å². The minimum absolute atomic E-state index is 0.918. The average molecular weight is 1040 g/mol. The summed E-state index contributed by atoms with van der Waals surface area (Å²) in [5, 5.41) is 2.54. The highest BCUT2D eigenvalue weighted by molar-refractivity contribution is 6.25. The maximum atomic E-state index is 5.16. The van der Waals surface area contributed by atoms with E-state index in [9.17, 15) is 0 Å². The van der Waals surface area contributed by atoms with E-state index < -0.39 is 0 Å². The highest BCUT2D eigenvalue weighted by Crippen LogP contribution is 2.61. The largest absolute Gasteiger partial charge is 0.292 e. The van der Waals surface area contributed by atoms with E-state index in [4.69, 9.17) is 9.97 Å². The van der Waals surface area contributed by atoms with Crippen molar-refractivity contribution in [2.45, 2.75) is 0 Å². The van der Waals surface area contributed by atoms with Gasteiger partial charge >= 0.3 is 0 Å². The molecule has 0 bridgehead atoms. The van der Waals surface area contributed by atoms with Crippen molar-refractivity contribution < 1.29 is 0 Å². The first-order chi connectivity index (χ1) is 40.7. The summed E-state index contributed by atoms with van der Waals surface area (Å²) < 4.78 is 4.52. The lowest BCUT2D eigenvalue weighted by molar-refractivity contribution is 1.10. The smallest absolute Gasteiger partial charge is 0.145 e. The van der Waals surface area contributed by atoms with E-state index >= 15 is 0 Å². The molecule has 0 radical (unpaired) electrons. The fourth-order valence-electron chi connectivity index (χ4n) is 12.8. The number of fused-ring (bicyclic) bond motifs is 5. The minimum Gasteiger partial charge on any atom is -0.292 e. The summed E-state index contributed by atoms with van der Waals surface area (Å²) in [5.41, 5.74) is 27.6. The van der Waals surface area contributed by atoms with Gasteiger partial charge in [-0.25, -0.2) is 9.97 Å². The zero-order valence-electron chi connectivity index (χ0n) is 44.7. The molecule has 0 amide bonds. The van der Waals surface area contributed by atoms with E-state index in [0.29, 0.717) is 0 Å². The zero-order valence-corrected chi connectivity index (χ0v) is 44.7. The van der Waals surface area contributed by atoms with Crippen LogP contribution in [0.15, 0.2) is 303 Å². The zero-order chi connectivity index (χ0) is 54.1. The number of imidazole rings is 2. The van der Waals surface area contributed by atoms with Gasteiger partial charge in [0.1, 0.15) is 11.6 Å². The standard InChI is InChI=1S/C78H50N4/c1-5-19-56(20-6-1)73-71(58-43-35-51(36-44-58)53-39-47-60(48-40-53)77-79-66-31-13-15-33-68(66)81(77)62-25-9-3-10-26-62)72(74(57-21-7-2-8-22-57)76-65-30-18-24-55-23-17-29-64(70(55)65)75(73)76)59-45-37-52(38-46-59)54-41-49-61(50-42-54)78-80-67-32-14-16-34-69(67)82(78)63-27-11-4-12-28-63/h1-50H. The molecule has 82 heavy (non-hydrogen) atoms. The summed E-state index contributed by atoms with van der Waals surface area (Å²) >= 11 is 0. The summed E-state index contributed by atoms with van der Waals surface area (Å²) in [7, 11) is 0. The van der Waals surface area contributed by atoms with Gasteiger partial charge in [0.05, 0.1) is 22.1 Å². The number of hydrogen-bond acceptors (Lipinski definition) is 2. The second-order valence-corrected chi connectivity index (χ2v) is 21.2. The van der Waals surface area contributed by atoms with Crippen molar-refractivity contribution in [3.63, 3.8) is 0 Å². The van der Waals surface area contributed by atoms with Crippen LogP contribution in [0.4, 0.5) is 0 Å². The normalized spacial score (nSPS) is 11.7. The van der Waals surface area contributed by atoms with Crippen LogP contribution in [0.25, 0.3) is 156 Å². The molecule has 0 saturated heterocycles. The van der Waals surface area contributed by atoms with Crippen molar-refractivity contribution in [3.05, 3.63) is 303 Å². The Balaban J connectivity index is 0.858. The highest BCUT2D eigenvalue weighted by atomic mass is 15.1. The van der Waals surface area contributed by atoms with Crippen molar-refractivity contribution in [2.24, 2.45) is 0 Å². The molecule has 15 aromatic rings. The monoisotopic (exact) mass is 1040 g/mol. The lowest BCUT2D eigenvalue weighted by Gasteiger charge is -2.26. The van der Waals surface area contributed by atoms with Crippen LogP contribution >= 0.6 is 0 Å². The predicted octanol–water partition coefficient (Wildman–Crippen LogP) is 20.5. The Bertz CT molecular complexity index is 4580. The molecule has 13 aromatic carbocycles. The molecule has 0 saturated carbocycles. The van der Waals surface area contributed by atoms with E-state index in [1.807, 2.05) is 0 Å². The van der Waals surface area contributed by atoms with Crippen LogP contribution in [-0.4, -0.2) is 19.1 Å². The van der Waals surface area contributed by atoms with Crippen LogP contribution in [0.3, 0.4) is 0 Å². The topological polar surface area (TPSA) is 35.6 Å². The van der Waals surface area contributed by atoms with Crippen LogP contribution in [-0.2, 0) is 0 Å². The lowest BCUT2D eigenvalue weighted by atomic mass is 9.76. The Morgan fingerprint density at radius 1 is 0.207 bits per heavy atom. The van der Waals surface area contributed by atoms with Gasteiger partial charge < -0.3 is 0 Å². The van der Waals surface area contributed by atoms with E-state index in [2.05, 4.69) is 312 Å². The SMILES string of the molecule is c1ccc(-c2c(-c3ccc(-c4ccc(-c5nc6ccccc6n5-c5ccccc5)cc4)cc3)c(-c3ccc(-c4ccc(-c5nc6ccccc6n5-c5ccccc5)cc4)cc3)c(-c3ccccc3)c3c2-c2cccc4cccc-3c24)cc1. The average Bonchev–Trinajstić information content (AvgIpc) is 2.63.